The Kier molecular flexibility index (Phi) is 4.27. The van der Waals surface area contributed by atoms with Crippen molar-refractivity contribution in [3.8, 4) is 0 Å². The molecule has 0 unspecified atom stereocenters. The molecule has 5 atom stereocenters. The van der Waals surface area contributed by atoms with E-state index < -0.39 is 18.1 Å². The van der Waals surface area contributed by atoms with Gasteiger partial charge in [-0.1, -0.05) is 20.3 Å². The van der Waals surface area contributed by atoms with E-state index in [1.807, 2.05) is 0 Å². The number of amides is 2. The van der Waals surface area contributed by atoms with Crippen LogP contribution in [-0.2, 0) is 4.74 Å². The number of carbonyl (C=O) groups excluding carboxylic acids is 1. The molecule has 1 saturated heterocycles. The monoisotopic (exact) mass is 334 g/mol. The smallest absolute Gasteiger partial charge is 0.377 e. The Morgan fingerprint density at radius 1 is 1.17 bits per heavy atom. The maximum absolute atomic E-state index is 12.8. The van der Waals surface area contributed by atoms with Crippen molar-refractivity contribution < 1.29 is 22.7 Å². The third-order valence-corrected chi connectivity index (χ3v) is 5.86. The largest absolute Gasteiger partial charge is 0.391 e. The van der Waals surface area contributed by atoms with Crippen LogP contribution in [-0.4, -0.2) is 37.0 Å². The lowest BCUT2D eigenvalue weighted by molar-refractivity contribution is -0.183. The van der Waals surface area contributed by atoms with Crippen molar-refractivity contribution in [3.05, 3.63) is 0 Å². The number of rotatable bonds is 2. The molecule has 3 aliphatic rings. The molecular formula is C16H25F3N2O2. The van der Waals surface area contributed by atoms with Crippen LogP contribution in [0.25, 0.3) is 0 Å². The second-order valence-corrected chi connectivity index (χ2v) is 7.76. The van der Waals surface area contributed by atoms with Crippen molar-refractivity contribution >= 4 is 6.03 Å². The number of halogens is 3. The highest BCUT2D eigenvalue weighted by atomic mass is 19.4. The van der Waals surface area contributed by atoms with Crippen LogP contribution >= 0.6 is 0 Å². The molecule has 0 radical (unpaired) electrons. The van der Waals surface area contributed by atoms with Crippen molar-refractivity contribution in [1.29, 1.82) is 0 Å². The number of carbonyl (C=O) groups is 1. The predicted molar refractivity (Wildman–Crippen MR) is 78.9 cm³/mol. The van der Waals surface area contributed by atoms with Crippen LogP contribution in [0.15, 0.2) is 0 Å². The molecule has 3 fully saturated rings. The van der Waals surface area contributed by atoms with Gasteiger partial charge in [0.05, 0.1) is 12.0 Å². The first-order chi connectivity index (χ1) is 10.7. The Balaban J connectivity index is 1.52. The molecular weight excluding hydrogens is 309 g/mol. The molecule has 132 valence electrons. The first kappa shape index (κ1) is 16.9. The molecule has 0 spiro atoms. The summed E-state index contributed by atoms with van der Waals surface area (Å²) >= 11 is 0. The van der Waals surface area contributed by atoms with E-state index >= 15 is 0 Å². The molecule has 23 heavy (non-hydrogen) atoms. The number of hydrogen-bond acceptors (Lipinski definition) is 2. The van der Waals surface area contributed by atoms with E-state index in [1.54, 1.807) is 0 Å². The molecule has 0 aromatic heterocycles. The molecule has 2 saturated carbocycles. The first-order valence-electron chi connectivity index (χ1n) is 8.45. The number of fused-ring (bicyclic) bond motifs is 1. The van der Waals surface area contributed by atoms with E-state index in [1.165, 1.54) is 0 Å². The van der Waals surface area contributed by atoms with Gasteiger partial charge >= 0.3 is 12.2 Å². The second kappa shape index (κ2) is 5.83. The summed E-state index contributed by atoms with van der Waals surface area (Å²) in [4.78, 5) is 12.2. The van der Waals surface area contributed by atoms with Crippen molar-refractivity contribution in [3.63, 3.8) is 0 Å². The molecule has 3 rings (SSSR count). The Bertz CT molecular complexity index is 467. The normalized spacial score (nSPS) is 39.3. The van der Waals surface area contributed by atoms with Crippen molar-refractivity contribution in [2.24, 2.45) is 17.3 Å². The van der Waals surface area contributed by atoms with E-state index in [4.69, 9.17) is 4.74 Å². The lowest BCUT2D eigenvalue weighted by Crippen LogP contribution is -2.68. The van der Waals surface area contributed by atoms with Crippen LogP contribution in [0, 0.1) is 17.3 Å². The predicted octanol–water partition coefficient (Wildman–Crippen LogP) is 3.22. The van der Waals surface area contributed by atoms with Crippen LogP contribution < -0.4 is 10.6 Å². The van der Waals surface area contributed by atoms with Crippen LogP contribution in [0.2, 0.25) is 0 Å². The number of hydrogen-bond donors (Lipinski definition) is 2. The van der Waals surface area contributed by atoms with Crippen molar-refractivity contribution in [2.45, 2.75) is 70.3 Å². The standard InChI is InChI=1S/C16H25F3N2O2/c1-15(2)12(11-6-7-23-13(11)15)21-14(22)20-10-5-3-4-9(8-10)16(17,18)19/h9-13H,3-8H2,1-2H3,(H2,20,21,22)/t9-,10+,11+,12+,13-/m0/s1. The van der Waals surface area contributed by atoms with E-state index in [2.05, 4.69) is 24.5 Å². The van der Waals surface area contributed by atoms with Gasteiger partial charge in [0.25, 0.3) is 0 Å². The summed E-state index contributed by atoms with van der Waals surface area (Å²) in [7, 11) is 0. The molecule has 1 aliphatic heterocycles. The van der Waals surface area contributed by atoms with Crippen LogP contribution in [0.1, 0.15) is 46.0 Å². The van der Waals surface area contributed by atoms with Crippen molar-refractivity contribution in [1.82, 2.24) is 10.6 Å². The Hall–Kier alpha value is -0.980. The summed E-state index contributed by atoms with van der Waals surface area (Å²) in [6.45, 7) is 4.84. The van der Waals surface area contributed by atoms with Gasteiger partial charge in [-0.05, 0) is 25.7 Å². The highest BCUT2D eigenvalue weighted by Crippen LogP contribution is 2.52. The Labute approximate surface area is 134 Å². The van der Waals surface area contributed by atoms with Crippen LogP contribution in [0.4, 0.5) is 18.0 Å². The molecule has 4 nitrogen and oxygen atoms in total. The third kappa shape index (κ3) is 3.16. The molecule has 7 heteroatoms. The summed E-state index contributed by atoms with van der Waals surface area (Å²) in [5.74, 6) is -0.973. The minimum atomic E-state index is -4.17. The quantitative estimate of drug-likeness (QED) is 0.815. The topological polar surface area (TPSA) is 50.4 Å². The molecule has 2 N–H and O–H groups in total. The minimum absolute atomic E-state index is 0.0137. The van der Waals surface area contributed by atoms with E-state index in [0.717, 1.165) is 6.42 Å². The molecule has 2 amide bonds. The molecule has 0 aromatic carbocycles. The van der Waals surface area contributed by atoms with Crippen LogP contribution in [0.5, 0.6) is 0 Å². The summed E-state index contributed by atoms with van der Waals surface area (Å²) in [6, 6.07) is -0.715. The van der Waals surface area contributed by atoms with Gasteiger partial charge < -0.3 is 15.4 Å². The van der Waals surface area contributed by atoms with Crippen LogP contribution in [0.3, 0.4) is 0 Å². The van der Waals surface area contributed by atoms with Gasteiger partial charge in [-0.2, -0.15) is 13.2 Å². The average Bonchev–Trinajstić information content (AvgIpc) is 2.91. The fraction of sp³-hybridized carbons (Fsp3) is 0.938. The van der Waals surface area contributed by atoms with Gasteiger partial charge in [-0.3, -0.25) is 0 Å². The summed E-state index contributed by atoms with van der Waals surface area (Å²) in [5, 5.41) is 5.71. The first-order valence-corrected chi connectivity index (χ1v) is 8.45. The maximum Gasteiger partial charge on any atom is 0.391 e. The lowest BCUT2D eigenvalue weighted by Gasteiger charge is -2.54. The van der Waals surface area contributed by atoms with Gasteiger partial charge in [0.2, 0.25) is 0 Å². The zero-order chi connectivity index (χ0) is 16.8. The van der Waals surface area contributed by atoms with Gasteiger partial charge in [-0.25, -0.2) is 4.79 Å². The van der Waals surface area contributed by atoms with Crippen molar-refractivity contribution in [2.75, 3.05) is 6.61 Å². The van der Waals surface area contributed by atoms with E-state index in [-0.39, 0.29) is 36.4 Å². The minimum Gasteiger partial charge on any atom is -0.377 e. The molecule has 0 bridgehead atoms. The fourth-order valence-electron chi connectivity index (χ4n) is 4.60. The van der Waals surface area contributed by atoms with Gasteiger partial charge in [0, 0.05) is 30.0 Å². The Morgan fingerprint density at radius 3 is 2.61 bits per heavy atom. The van der Waals surface area contributed by atoms with Gasteiger partial charge in [0.15, 0.2) is 0 Å². The zero-order valence-corrected chi connectivity index (χ0v) is 13.6. The number of ether oxygens (including phenoxy) is 1. The maximum atomic E-state index is 12.8. The van der Waals surface area contributed by atoms with E-state index in [9.17, 15) is 18.0 Å². The summed E-state index contributed by atoms with van der Waals surface area (Å²) in [5.41, 5.74) is -0.125. The van der Waals surface area contributed by atoms with E-state index in [0.29, 0.717) is 25.4 Å². The second-order valence-electron chi connectivity index (χ2n) is 7.76. The van der Waals surface area contributed by atoms with Gasteiger partial charge in [-0.15, -0.1) is 0 Å². The highest BCUT2D eigenvalue weighted by Gasteiger charge is 2.59. The molecule has 1 heterocycles. The third-order valence-electron chi connectivity index (χ3n) is 5.86. The number of urea groups is 1. The Morgan fingerprint density at radius 2 is 1.91 bits per heavy atom. The average molecular weight is 334 g/mol. The lowest BCUT2D eigenvalue weighted by atomic mass is 9.57. The summed E-state index contributed by atoms with van der Waals surface area (Å²) in [6.07, 6.45) is -1.79. The summed E-state index contributed by atoms with van der Waals surface area (Å²) < 4.78 is 44.2. The zero-order valence-electron chi connectivity index (χ0n) is 13.6. The number of nitrogens with one attached hydrogen (secondary N) is 2. The fourth-order valence-corrected chi connectivity index (χ4v) is 4.60. The molecule has 0 aromatic rings. The highest BCUT2D eigenvalue weighted by molar-refractivity contribution is 5.75. The molecule has 2 aliphatic carbocycles. The SMILES string of the molecule is CC1(C)[C@H](NC(=O)N[C@@H]2CCC[C@H](C(F)(F)F)C2)[C@H]2CCO[C@@H]21. The van der Waals surface area contributed by atoms with Gasteiger partial charge in [0.1, 0.15) is 0 Å². The number of alkyl halides is 3.